The second kappa shape index (κ2) is 7.57. The molecule has 1 aliphatic rings. The molecule has 1 atom stereocenters. The van der Waals surface area contributed by atoms with Gasteiger partial charge in [-0.15, -0.1) is 0 Å². The largest absolute Gasteiger partial charge is 0.330 e. The molecule has 150 valence electrons. The van der Waals surface area contributed by atoms with Crippen molar-refractivity contribution in [2.45, 2.75) is 19.0 Å². The molecule has 0 spiro atoms. The average molecular weight is 417 g/mol. The van der Waals surface area contributed by atoms with Gasteiger partial charge in [0.15, 0.2) is 0 Å². The van der Waals surface area contributed by atoms with Crippen LogP contribution >= 0.6 is 11.6 Å². The van der Waals surface area contributed by atoms with Gasteiger partial charge in [-0.3, -0.25) is 9.48 Å². The Kier molecular flexibility index (Phi) is 5.10. The standard InChI is InChI=1S/C21H19ClF2N4O/c1-27-20(19(22)10-26-27)13-2-3-18-14(7-13)11-28(21(18)29)17(9-25)6-12-4-15(23)8-16(24)5-12/h2-5,7-8,10,17H,6,9,11,25H2,1H3/t17-/m0/s1. The number of aryl methyl sites for hydroxylation is 1. The van der Waals surface area contributed by atoms with E-state index in [1.165, 1.54) is 12.1 Å². The van der Waals surface area contributed by atoms with Crippen molar-refractivity contribution in [3.05, 3.63) is 75.9 Å². The van der Waals surface area contributed by atoms with Gasteiger partial charge in [-0.05, 0) is 41.8 Å². The molecule has 1 aromatic heterocycles. The van der Waals surface area contributed by atoms with Crippen LogP contribution in [0.15, 0.2) is 42.6 Å². The van der Waals surface area contributed by atoms with E-state index in [1.54, 1.807) is 28.9 Å². The molecule has 0 saturated carbocycles. The van der Waals surface area contributed by atoms with Crippen LogP contribution in [0.4, 0.5) is 8.78 Å². The van der Waals surface area contributed by atoms with Gasteiger partial charge in [-0.1, -0.05) is 17.7 Å². The Morgan fingerprint density at radius 3 is 2.55 bits per heavy atom. The number of hydrogen-bond donors (Lipinski definition) is 1. The first kappa shape index (κ1) is 19.5. The maximum atomic E-state index is 13.5. The van der Waals surface area contributed by atoms with E-state index < -0.39 is 11.6 Å². The molecule has 8 heteroatoms. The van der Waals surface area contributed by atoms with Crippen LogP contribution in [0.5, 0.6) is 0 Å². The van der Waals surface area contributed by atoms with E-state index in [-0.39, 0.29) is 24.9 Å². The van der Waals surface area contributed by atoms with Crippen LogP contribution in [-0.2, 0) is 20.0 Å². The number of amides is 1. The lowest BCUT2D eigenvalue weighted by Crippen LogP contribution is -2.42. The van der Waals surface area contributed by atoms with Crippen molar-refractivity contribution in [3.63, 3.8) is 0 Å². The normalized spacial score (nSPS) is 14.4. The van der Waals surface area contributed by atoms with Gasteiger partial charge in [-0.25, -0.2) is 8.78 Å². The minimum absolute atomic E-state index is 0.144. The highest BCUT2D eigenvalue weighted by atomic mass is 35.5. The lowest BCUT2D eigenvalue weighted by molar-refractivity contribution is 0.0708. The zero-order valence-corrected chi connectivity index (χ0v) is 16.5. The highest BCUT2D eigenvalue weighted by Gasteiger charge is 2.32. The molecule has 0 saturated heterocycles. The van der Waals surface area contributed by atoms with Crippen molar-refractivity contribution in [1.82, 2.24) is 14.7 Å². The van der Waals surface area contributed by atoms with Crippen LogP contribution in [0.25, 0.3) is 11.3 Å². The van der Waals surface area contributed by atoms with Crippen LogP contribution < -0.4 is 5.73 Å². The first-order chi connectivity index (χ1) is 13.9. The molecule has 2 N–H and O–H groups in total. The Hall–Kier alpha value is -2.77. The zero-order chi connectivity index (χ0) is 20.7. The first-order valence-corrected chi connectivity index (χ1v) is 9.52. The number of fused-ring (bicyclic) bond motifs is 1. The van der Waals surface area contributed by atoms with Crippen LogP contribution in [-0.4, -0.2) is 33.2 Å². The summed E-state index contributed by atoms with van der Waals surface area (Å²) in [7, 11) is 1.80. The molecule has 0 bridgehead atoms. The Labute approximate surface area is 171 Å². The van der Waals surface area contributed by atoms with E-state index in [9.17, 15) is 13.6 Å². The molecule has 0 radical (unpaired) electrons. The van der Waals surface area contributed by atoms with Crippen molar-refractivity contribution in [2.24, 2.45) is 12.8 Å². The molecule has 29 heavy (non-hydrogen) atoms. The molecule has 1 aliphatic heterocycles. The van der Waals surface area contributed by atoms with Gasteiger partial charge in [0.25, 0.3) is 5.91 Å². The van der Waals surface area contributed by atoms with Crippen LogP contribution in [0.3, 0.4) is 0 Å². The third-order valence-electron chi connectivity index (χ3n) is 5.21. The summed E-state index contributed by atoms with van der Waals surface area (Å²) in [6.07, 6.45) is 1.84. The van der Waals surface area contributed by atoms with Gasteiger partial charge in [0.05, 0.1) is 16.9 Å². The van der Waals surface area contributed by atoms with Crippen molar-refractivity contribution >= 4 is 17.5 Å². The quantitative estimate of drug-likeness (QED) is 0.691. The fourth-order valence-corrected chi connectivity index (χ4v) is 4.12. The van der Waals surface area contributed by atoms with Gasteiger partial charge in [0, 0.05) is 43.4 Å². The summed E-state index contributed by atoms with van der Waals surface area (Å²) < 4.78 is 28.7. The summed E-state index contributed by atoms with van der Waals surface area (Å²) in [6, 6.07) is 8.51. The summed E-state index contributed by atoms with van der Waals surface area (Å²) in [6.45, 7) is 0.551. The molecule has 4 rings (SSSR count). The second-order valence-electron chi connectivity index (χ2n) is 7.14. The number of carbonyl (C=O) groups excluding carboxylic acids is 1. The molecule has 0 aliphatic carbocycles. The minimum Gasteiger partial charge on any atom is -0.330 e. The lowest BCUT2D eigenvalue weighted by atomic mass is 10.0. The molecule has 0 unspecified atom stereocenters. The predicted molar refractivity (Wildman–Crippen MR) is 106 cm³/mol. The number of carbonyl (C=O) groups is 1. The smallest absolute Gasteiger partial charge is 0.254 e. The number of nitrogens with two attached hydrogens (primary N) is 1. The number of halogens is 3. The number of benzene rings is 2. The maximum Gasteiger partial charge on any atom is 0.254 e. The molecule has 5 nitrogen and oxygen atoms in total. The predicted octanol–water partition coefficient (Wildman–Crippen LogP) is 3.54. The van der Waals surface area contributed by atoms with Crippen molar-refractivity contribution in [1.29, 1.82) is 0 Å². The Bertz CT molecular complexity index is 1060. The van der Waals surface area contributed by atoms with Gasteiger partial charge >= 0.3 is 0 Å². The van der Waals surface area contributed by atoms with E-state index in [0.717, 1.165) is 22.9 Å². The maximum absolute atomic E-state index is 13.5. The fraction of sp³-hybridized carbons (Fsp3) is 0.238. The van der Waals surface area contributed by atoms with Gasteiger partial charge in [-0.2, -0.15) is 5.10 Å². The number of rotatable bonds is 5. The molecular formula is C21H19ClF2N4O. The van der Waals surface area contributed by atoms with E-state index in [1.807, 2.05) is 12.1 Å². The van der Waals surface area contributed by atoms with E-state index >= 15 is 0 Å². The molecule has 1 amide bonds. The summed E-state index contributed by atoms with van der Waals surface area (Å²) in [4.78, 5) is 14.6. The highest BCUT2D eigenvalue weighted by molar-refractivity contribution is 6.33. The molecule has 2 heterocycles. The third-order valence-corrected chi connectivity index (χ3v) is 5.49. The summed E-state index contributed by atoms with van der Waals surface area (Å²) in [5.41, 5.74) is 9.45. The SMILES string of the molecule is Cn1ncc(Cl)c1-c1ccc2c(c1)CN([C@H](CN)Cc1cc(F)cc(F)c1)C2=O. The number of hydrogen-bond acceptors (Lipinski definition) is 3. The third kappa shape index (κ3) is 3.63. The van der Waals surface area contributed by atoms with E-state index in [4.69, 9.17) is 17.3 Å². The zero-order valence-electron chi connectivity index (χ0n) is 15.7. The van der Waals surface area contributed by atoms with E-state index in [2.05, 4.69) is 5.10 Å². The van der Waals surface area contributed by atoms with Gasteiger partial charge in [0.2, 0.25) is 0 Å². The second-order valence-corrected chi connectivity index (χ2v) is 7.55. The molecule has 0 fully saturated rings. The Morgan fingerprint density at radius 2 is 1.93 bits per heavy atom. The Balaban J connectivity index is 1.61. The first-order valence-electron chi connectivity index (χ1n) is 9.14. The van der Waals surface area contributed by atoms with E-state index in [0.29, 0.717) is 22.7 Å². The van der Waals surface area contributed by atoms with Crippen LogP contribution in [0, 0.1) is 11.6 Å². The average Bonchev–Trinajstić information content (AvgIpc) is 3.17. The monoisotopic (exact) mass is 416 g/mol. The fourth-order valence-electron chi connectivity index (χ4n) is 3.84. The van der Waals surface area contributed by atoms with Crippen molar-refractivity contribution in [2.75, 3.05) is 6.54 Å². The summed E-state index contributed by atoms with van der Waals surface area (Å²) in [5, 5.41) is 4.68. The number of aromatic nitrogens is 2. The summed E-state index contributed by atoms with van der Waals surface area (Å²) >= 11 is 6.24. The van der Waals surface area contributed by atoms with Crippen LogP contribution in [0.2, 0.25) is 5.02 Å². The molecule has 3 aromatic rings. The number of nitrogens with zero attached hydrogens (tertiary/aromatic N) is 3. The van der Waals surface area contributed by atoms with Crippen molar-refractivity contribution < 1.29 is 13.6 Å². The minimum atomic E-state index is -0.649. The Morgan fingerprint density at radius 1 is 1.21 bits per heavy atom. The van der Waals surface area contributed by atoms with Gasteiger partial charge < -0.3 is 10.6 Å². The highest BCUT2D eigenvalue weighted by Crippen LogP contribution is 2.33. The lowest BCUT2D eigenvalue weighted by Gasteiger charge is -2.26. The summed E-state index contributed by atoms with van der Waals surface area (Å²) in [5.74, 6) is -1.44. The van der Waals surface area contributed by atoms with Crippen LogP contribution in [0.1, 0.15) is 21.5 Å². The van der Waals surface area contributed by atoms with Crippen molar-refractivity contribution in [3.8, 4) is 11.3 Å². The molecular weight excluding hydrogens is 398 g/mol. The molecule has 2 aromatic carbocycles. The topological polar surface area (TPSA) is 64.2 Å². The van der Waals surface area contributed by atoms with Gasteiger partial charge in [0.1, 0.15) is 11.6 Å².